The van der Waals surface area contributed by atoms with Crippen LogP contribution in [0.2, 0.25) is 0 Å². The molecule has 0 fully saturated rings. The number of aromatic nitrogens is 2. The fourth-order valence-electron chi connectivity index (χ4n) is 3.27. The van der Waals surface area contributed by atoms with E-state index in [-0.39, 0.29) is 17.8 Å². The predicted octanol–water partition coefficient (Wildman–Crippen LogP) is 5.85. The summed E-state index contributed by atoms with van der Waals surface area (Å²) in [4.78, 5) is 18.7. The van der Waals surface area contributed by atoms with Gasteiger partial charge in [0.1, 0.15) is 11.7 Å². The summed E-state index contributed by atoms with van der Waals surface area (Å²) < 4.78 is 41.2. The summed E-state index contributed by atoms with van der Waals surface area (Å²) in [5.41, 5.74) is 9.78. The van der Waals surface area contributed by atoms with Gasteiger partial charge in [-0.15, -0.1) is 0 Å². The number of ketones is 1. The minimum Gasteiger partial charge on any atom is -0.327 e. The average Bonchev–Trinajstić information content (AvgIpc) is 3.03. The molecule has 0 atom stereocenters. The van der Waals surface area contributed by atoms with Crippen molar-refractivity contribution in [2.24, 2.45) is 5.11 Å². The van der Waals surface area contributed by atoms with Gasteiger partial charge in [0.05, 0.1) is 16.8 Å². The molecule has 3 rings (SSSR count). The minimum atomic E-state index is -4.48. The van der Waals surface area contributed by atoms with Crippen LogP contribution in [0.3, 0.4) is 0 Å². The Labute approximate surface area is 174 Å². The summed E-state index contributed by atoms with van der Waals surface area (Å²) in [5, 5.41) is 13.3. The lowest BCUT2D eigenvalue weighted by Crippen LogP contribution is -2.07. The molecule has 0 amide bonds. The van der Waals surface area contributed by atoms with E-state index in [1.807, 2.05) is 6.07 Å². The van der Waals surface area contributed by atoms with Gasteiger partial charge in [-0.2, -0.15) is 18.4 Å². The van der Waals surface area contributed by atoms with Crippen molar-refractivity contribution in [3.8, 4) is 6.07 Å². The molecular weight excluding hydrogens is 409 g/mol. The molecule has 0 saturated carbocycles. The van der Waals surface area contributed by atoms with Crippen molar-refractivity contribution in [3.05, 3.63) is 74.9 Å². The highest BCUT2D eigenvalue weighted by Gasteiger charge is 2.31. The quantitative estimate of drug-likeness (QED) is 0.168. The maximum absolute atomic E-state index is 13.2. The number of carbonyl (C=O) groups excluding carboxylic acids is 1. The van der Waals surface area contributed by atoms with Crippen molar-refractivity contribution in [1.82, 2.24) is 9.55 Å². The molecule has 0 unspecified atom stereocenters. The lowest BCUT2D eigenvalue weighted by Gasteiger charge is -2.11. The number of Topliss-reactive ketones (excluding diaryl/α,β-unsaturated/α-hetero) is 1. The summed E-state index contributed by atoms with van der Waals surface area (Å²) in [5.74, 6) is -0.453. The second kappa shape index (κ2) is 8.34. The SMILES string of the molecule is CC(=O)/C(C#N)=C/c1cn(Cc2cc(C)cc(C(F)(F)F)c2)c2nccc(N=[N+]=[N-])c12. The van der Waals surface area contributed by atoms with Crippen LogP contribution in [0.25, 0.3) is 27.6 Å². The van der Waals surface area contributed by atoms with Crippen molar-refractivity contribution in [2.75, 3.05) is 0 Å². The number of aryl methyl sites for hydroxylation is 1. The number of fused-ring (bicyclic) bond motifs is 1. The third kappa shape index (κ3) is 4.57. The molecular formula is C21H15F3N6O. The topological polar surface area (TPSA) is 107 Å². The van der Waals surface area contributed by atoms with E-state index in [0.717, 1.165) is 12.1 Å². The van der Waals surface area contributed by atoms with Crippen molar-refractivity contribution in [2.45, 2.75) is 26.6 Å². The number of carbonyl (C=O) groups is 1. The molecule has 0 radical (unpaired) electrons. The summed E-state index contributed by atoms with van der Waals surface area (Å²) in [7, 11) is 0. The molecule has 1 aromatic carbocycles. The number of nitrogens with zero attached hydrogens (tertiary/aromatic N) is 6. The lowest BCUT2D eigenvalue weighted by atomic mass is 10.1. The Hall–Kier alpha value is -4.09. The number of nitriles is 1. The fourth-order valence-corrected chi connectivity index (χ4v) is 3.27. The molecule has 0 saturated heterocycles. The number of hydrogen-bond donors (Lipinski definition) is 0. The van der Waals surface area contributed by atoms with E-state index in [1.165, 1.54) is 25.3 Å². The molecule has 0 aliphatic rings. The van der Waals surface area contributed by atoms with Gasteiger partial charge in [0.2, 0.25) is 0 Å². The molecule has 10 heteroatoms. The van der Waals surface area contributed by atoms with Gasteiger partial charge in [-0.25, -0.2) is 4.98 Å². The third-order valence-electron chi connectivity index (χ3n) is 4.53. The molecule has 0 N–H and O–H groups in total. The molecule has 31 heavy (non-hydrogen) atoms. The van der Waals surface area contributed by atoms with Gasteiger partial charge in [0, 0.05) is 34.8 Å². The maximum Gasteiger partial charge on any atom is 0.416 e. The van der Waals surface area contributed by atoms with Crippen LogP contribution >= 0.6 is 0 Å². The van der Waals surface area contributed by atoms with E-state index in [1.54, 1.807) is 23.8 Å². The Kier molecular flexibility index (Phi) is 5.81. The highest BCUT2D eigenvalue weighted by atomic mass is 19.4. The Morgan fingerprint density at radius 1 is 1.39 bits per heavy atom. The highest BCUT2D eigenvalue weighted by Crippen LogP contribution is 2.33. The zero-order valence-corrected chi connectivity index (χ0v) is 16.5. The number of pyridine rings is 1. The number of halogens is 3. The standard InChI is InChI=1S/C21H15F3N6O/c1-12-5-14(7-17(6-12)21(22,23)24)10-30-11-16(8-15(9-25)13(2)31)19-18(28-29-26)3-4-27-20(19)30/h3-8,11H,10H2,1-2H3/b15-8+. The van der Waals surface area contributed by atoms with Gasteiger partial charge in [-0.1, -0.05) is 16.7 Å². The molecule has 2 aromatic heterocycles. The van der Waals surface area contributed by atoms with E-state index < -0.39 is 17.5 Å². The van der Waals surface area contributed by atoms with E-state index in [4.69, 9.17) is 5.53 Å². The van der Waals surface area contributed by atoms with Gasteiger partial charge in [0.15, 0.2) is 5.78 Å². The van der Waals surface area contributed by atoms with Crippen LogP contribution in [-0.2, 0) is 17.5 Å². The van der Waals surface area contributed by atoms with Crippen molar-refractivity contribution in [3.63, 3.8) is 0 Å². The van der Waals surface area contributed by atoms with Gasteiger partial charge >= 0.3 is 6.18 Å². The Morgan fingerprint density at radius 2 is 2.13 bits per heavy atom. The fraction of sp³-hybridized carbons (Fsp3) is 0.190. The Morgan fingerprint density at radius 3 is 2.74 bits per heavy atom. The predicted molar refractivity (Wildman–Crippen MR) is 108 cm³/mol. The van der Waals surface area contributed by atoms with Crippen molar-refractivity contribution < 1.29 is 18.0 Å². The number of hydrogen-bond acceptors (Lipinski definition) is 4. The molecule has 3 aromatic rings. The Bertz CT molecular complexity index is 1310. The minimum absolute atomic E-state index is 0.0454. The zero-order chi connectivity index (χ0) is 22.8. The molecule has 2 heterocycles. The van der Waals surface area contributed by atoms with Gasteiger partial charge in [0.25, 0.3) is 0 Å². The van der Waals surface area contributed by atoms with E-state index in [0.29, 0.717) is 27.7 Å². The number of rotatable bonds is 5. The van der Waals surface area contributed by atoms with Crippen molar-refractivity contribution in [1.29, 1.82) is 5.26 Å². The number of allylic oxidation sites excluding steroid dienone is 1. The molecule has 7 nitrogen and oxygen atoms in total. The lowest BCUT2D eigenvalue weighted by molar-refractivity contribution is -0.137. The first-order valence-electron chi connectivity index (χ1n) is 8.97. The van der Waals surface area contributed by atoms with Gasteiger partial charge < -0.3 is 4.57 Å². The number of benzene rings is 1. The van der Waals surface area contributed by atoms with E-state index >= 15 is 0 Å². The molecule has 0 aliphatic heterocycles. The van der Waals surface area contributed by atoms with Crippen LogP contribution in [0.15, 0.2) is 47.3 Å². The molecule has 0 bridgehead atoms. The van der Waals surface area contributed by atoms with Crippen LogP contribution in [-0.4, -0.2) is 15.3 Å². The first-order chi connectivity index (χ1) is 14.6. The first kappa shape index (κ1) is 21.6. The van der Waals surface area contributed by atoms with E-state index in [2.05, 4.69) is 15.0 Å². The van der Waals surface area contributed by atoms with Crippen molar-refractivity contribution >= 4 is 28.6 Å². The largest absolute Gasteiger partial charge is 0.416 e. The summed E-state index contributed by atoms with van der Waals surface area (Å²) in [6.07, 6.45) is -0.173. The van der Waals surface area contributed by atoms with Gasteiger partial charge in [-0.05, 0) is 49.2 Å². The molecule has 156 valence electrons. The number of azide groups is 1. The smallest absolute Gasteiger partial charge is 0.327 e. The number of alkyl halides is 3. The second-order valence-corrected chi connectivity index (χ2v) is 6.86. The maximum atomic E-state index is 13.2. The monoisotopic (exact) mass is 424 g/mol. The van der Waals surface area contributed by atoms with Crippen LogP contribution in [0, 0.1) is 18.3 Å². The zero-order valence-electron chi connectivity index (χ0n) is 16.5. The second-order valence-electron chi connectivity index (χ2n) is 6.86. The first-order valence-corrected chi connectivity index (χ1v) is 8.97. The molecule has 0 aliphatic carbocycles. The van der Waals surface area contributed by atoms with Crippen LogP contribution in [0.5, 0.6) is 0 Å². The normalized spacial score (nSPS) is 11.8. The average molecular weight is 424 g/mol. The highest BCUT2D eigenvalue weighted by molar-refractivity contribution is 6.05. The Balaban J connectivity index is 2.22. The van der Waals surface area contributed by atoms with E-state index in [9.17, 15) is 23.2 Å². The van der Waals surface area contributed by atoms with Crippen LogP contribution < -0.4 is 0 Å². The molecule has 0 spiro atoms. The van der Waals surface area contributed by atoms with Crippen LogP contribution in [0.1, 0.15) is 29.2 Å². The van der Waals surface area contributed by atoms with Gasteiger partial charge in [-0.3, -0.25) is 4.79 Å². The third-order valence-corrected chi connectivity index (χ3v) is 4.53. The summed E-state index contributed by atoms with van der Waals surface area (Å²) >= 11 is 0. The summed E-state index contributed by atoms with van der Waals surface area (Å²) in [6.45, 7) is 2.86. The van der Waals surface area contributed by atoms with Crippen LogP contribution in [0.4, 0.5) is 18.9 Å². The summed E-state index contributed by atoms with van der Waals surface area (Å²) in [6, 6.07) is 7.03.